The summed E-state index contributed by atoms with van der Waals surface area (Å²) in [5.74, 6) is 0.138. The molecule has 0 spiro atoms. The van der Waals surface area contributed by atoms with Gasteiger partial charge < -0.3 is 9.88 Å². The van der Waals surface area contributed by atoms with E-state index in [0.717, 1.165) is 29.4 Å². The number of rotatable bonds is 2. The van der Waals surface area contributed by atoms with Gasteiger partial charge in [0.1, 0.15) is 5.82 Å². The summed E-state index contributed by atoms with van der Waals surface area (Å²) >= 11 is 0. The van der Waals surface area contributed by atoms with Gasteiger partial charge in [0.05, 0.1) is 0 Å². The van der Waals surface area contributed by atoms with Gasteiger partial charge in [0.25, 0.3) is 5.91 Å². The second-order valence-electron chi connectivity index (χ2n) is 6.04. The van der Waals surface area contributed by atoms with Gasteiger partial charge in [0.15, 0.2) is 0 Å². The molecule has 3 aromatic rings. The minimum atomic E-state index is -0.238. The molecule has 0 radical (unpaired) electrons. The number of nitrogens with zero attached hydrogens (tertiary/aromatic N) is 1. The number of benzene rings is 2. The number of fused-ring (bicyclic) bond motifs is 1. The van der Waals surface area contributed by atoms with Crippen molar-refractivity contribution in [2.45, 2.75) is 12.3 Å². The van der Waals surface area contributed by atoms with Crippen molar-refractivity contribution in [1.82, 2.24) is 9.88 Å². The van der Waals surface area contributed by atoms with E-state index in [9.17, 15) is 9.18 Å². The molecule has 1 N–H and O–H groups in total. The molecule has 1 aliphatic heterocycles. The third-order valence-corrected chi connectivity index (χ3v) is 4.61. The first kappa shape index (κ1) is 14.0. The van der Waals surface area contributed by atoms with E-state index < -0.39 is 0 Å². The van der Waals surface area contributed by atoms with Gasteiger partial charge in [-0.3, -0.25) is 4.79 Å². The first-order chi connectivity index (χ1) is 11.2. The molecule has 23 heavy (non-hydrogen) atoms. The Labute approximate surface area is 133 Å². The average molecular weight is 308 g/mol. The second-order valence-corrected chi connectivity index (χ2v) is 6.04. The highest BCUT2D eigenvalue weighted by atomic mass is 19.1. The zero-order valence-corrected chi connectivity index (χ0v) is 12.6. The Kier molecular flexibility index (Phi) is 3.37. The Hall–Kier alpha value is -2.62. The molecule has 1 atom stereocenters. The Bertz CT molecular complexity index is 856. The number of aromatic amines is 1. The number of likely N-dealkylation sites (tertiary alicyclic amines) is 1. The summed E-state index contributed by atoms with van der Waals surface area (Å²) < 4.78 is 13.3. The minimum Gasteiger partial charge on any atom is -0.361 e. The fraction of sp³-hybridized carbons (Fsp3) is 0.211. The van der Waals surface area contributed by atoms with Crippen LogP contribution in [0, 0.1) is 5.82 Å². The third-order valence-electron chi connectivity index (χ3n) is 4.61. The first-order valence-electron chi connectivity index (χ1n) is 7.83. The maximum Gasteiger partial charge on any atom is 0.253 e. The van der Waals surface area contributed by atoms with Gasteiger partial charge in [-0.15, -0.1) is 0 Å². The number of hydrogen-bond donors (Lipinski definition) is 1. The summed E-state index contributed by atoms with van der Waals surface area (Å²) in [5.41, 5.74) is 2.71. The van der Waals surface area contributed by atoms with Crippen molar-refractivity contribution in [1.29, 1.82) is 0 Å². The molecule has 0 aliphatic carbocycles. The van der Waals surface area contributed by atoms with Gasteiger partial charge in [-0.2, -0.15) is 0 Å². The fourth-order valence-corrected chi connectivity index (χ4v) is 3.42. The van der Waals surface area contributed by atoms with Crippen LogP contribution in [0.1, 0.15) is 28.3 Å². The molecule has 4 rings (SSSR count). The van der Waals surface area contributed by atoms with Crippen LogP contribution in [0.15, 0.2) is 54.7 Å². The number of hydrogen-bond acceptors (Lipinski definition) is 1. The molecule has 1 fully saturated rings. The number of H-pyrrole nitrogens is 1. The van der Waals surface area contributed by atoms with Crippen LogP contribution in [0.4, 0.5) is 4.39 Å². The number of aromatic nitrogens is 1. The number of amides is 1. The van der Waals surface area contributed by atoms with Crippen LogP contribution in [0.2, 0.25) is 0 Å². The van der Waals surface area contributed by atoms with Crippen molar-refractivity contribution >= 4 is 16.8 Å². The van der Waals surface area contributed by atoms with Crippen molar-refractivity contribution < 1.29 is 9.18 Å². The molecule has 1 aromatic heterocycles. The van der Waals surface area contributed by atoms with Crippen LogP contribution in [-0.2, 0) is 0 Å². The molecule has 1 saturated heterocycles. The largest absolute Gasteiger partial charge is 0.361 e. The molecule has 4 heteroatoms. The smallest absolute Gasteiger partial charge is 0.253 e. The van der Waals surface area contributed by atoms with E-state index in [-0.39, 0.29) is 11.7 Å². The second kappa shape index (κ2) is 5.54. The third kappa shape index (κ3) is 2.50. The molecule has 1 aliphatic rings. The van der Waals surface area contributed by atoms with Gasteiger partial charge >= 0.3 is 0 Å². The van der Waals surface area contributed by atoms with Gasteiger partial charge in [-0.1, -0.05) is 18.2 Å². The number of halogens is 1. The highest BCUT2D eigenvalue weighted by Crippen LogP contribution is 2.33. The topological polar surface area (TPSA) is 36.1 Å². The molecule has 0 saturated carbocycles. The summed E-state index contributed by atoms with van der Waals surface area (Å²) in [6.45, 7) is 1.46. The predicted molar refractivity (Wildman–Crippen MR) is 88.0 cm³/mol. The van der Waals surface area contributed by atoms with Gasteiger partial charge in [0, 0.05) is 41.7 Å². The van der Waals surface area contributed by atoms with Crippen LogP contribution < -0.4 is 0 Å². The Balaban J connectivity index is 1.57. The first-order valence-corrected chi connectivity index (χ1v) is 7.83. The number of nitrogens with one attached hydrogen (secondary N) is 1. The van der Waals surface area contributed by atoms with E-state index in [2.05, 4.69) is 4.98 Å². The van der Waals surface area contributed by atoms with Crippen molar-refractivity contribution in [3.8, 4) is 0 Å². The summed E-state index contributed by atoms with van der Waals surface area (Å²) in [4.78, 5) is 17.6. The van der Waals surface area contributed by atoms with Gasteiger partial charge in [-0.05, 0) is 42.3 Å². The lowest BCUT2D eigenvalue weighted by molar-refractivity contribution is 0.0791. The van der Waals surface area contributed by atoms with Crippen LogP contribution in [0.5, 0.6) is 0 Å². The zero-order chi connectivity index (χ0) is 15.8. The van der Waals surface area contributed by atoms with Gasteiger partial charge in [0.2, 0.25) is 0 Å². The Morgan fingerprint density at radius 2 is 2.00 bits per heavy atom. The lowest BCUT2D eigenvalue weighted by Crippen LogP contribution is -2.28. The normalized spacial score (nSPS) is 17.8. The summed E-state index contributed by atoms with van der Waals surface area (Å²) in [6, 6.07) is 14.2. The van der Waals surface area contributed by atoms with Crippen LogP contribution in [0.25, 0.3) is 10.9 Å². The average Bonchev–Trinajstić information content (AvgIpc) is 3.21. The molecule has 116 valence electrons. The monoisotopic (exact) mass is 308 g/mol. The quantitative estimate of drug-likeness (QED) is 0.765. The number of carbonyl (C=O) groups is 1. The van der Waals surface area contributed by atoms with Crippen molar-refractivity contribution in [3.05, 3.63) is 71.7 Å². The van der Waals surface area contributed by atoms with Crippen LogP contribution in [-0.4, -0.2) is 28.9 Å². The molecule has 2 aromatic carbocycles. The van der Waals surface area contributed by atoms with E-state index >= 15 is 0 Å². The van der Waals surface area contributed by atoms with E-state index in [4.69, 9.17) is 0 Å². The molecular formula is C19H17FN2O. The minimum absolute atomic E-state index is 0.0824. The number of carbonyl (C=O) groups excluding carboxylic acids is 1. The van der Waals surface area contributed by atoms with Crippen molar-refractivity contribution in [3.63, 3.8) is 0 Å². The lowest BCUT2D eigenvalue weighted by atomic mass is 9.98. The molecule has 2 heterocycles. The standard InChI is InChI=1S/C19H17FN2O/c20-15-6-7-16-17(11-21-18(16)10-15)14-8-9-22(12-14)19(23)13-4-2-1-3-5-13/h1-7,10-11,14,21H,8-9,12H2. The maximum absolute atomic E-state index is 13.3. The van der Waals surface area contributed by atoms with Crippen LogP contribution in [0.3, 0.4) is 0 Å². The van der Waals surface area contributed by atoms with Crippen molar-refractivity contribution in [2.24, 2.45) is 0 Å². The summed E-state index contributed by atoms with van der Waals surface area (Å²) in [5, 5.41) is 1.05. The fourth-order valence-electron chi connectivity index (χ4n) is 3.42. The predicted octanol–water partition coefficient (Wildman–Crippen LogP) is 3.94. The van der Waals surface area contributed by atoms with Crippen molar-refractivity contribution in [2.75, 3.05) is 13.1 Å². The van der Waals surface area contributed by atoms with E-state index in [1.807, 2.05) is 47.5 Å². The highest BCUT2D eigenvalue weighted by molar-refractivity contribution is 5.94. The molecule has 3 nitrogen and oxygen atoms in total. The lowest BCUT2D eigenvalue weighted by Gasteiger charge is -2.16. The summed E-state index contributed by atoms with van der Waals surface area (Å²) in [7, 11) is 0. The van der Waals surface area contributed by atoms with E-state index in [1.165, 1.54) is 17.7 Å². The summed E-state index contributed by atoms with van der Waals surface area (Å²) in [6.07, 6.45) is 2.88. The van der Waals surface area contributed by atoms with Crippen LogP contribution >= 0.6 is 0 Å². The molecular weight excluding hydrogens is 291 g/mol. The Morgan fingerprint density at radius 3 is 2.83 bits per heavy atom. The molecule has 1 amide bonds. The molecule has 1 unspecified atom stereocenters. The Morgan fingerprint density at radius 1 is 1.17 bits per heavy atom. The SMILES string of the molecule is O=C(c1ccccc1)N1CCC(c2c[nH]c3cc(F)ccc23)C1. The van der Waals surface area contributed by atoms with E-state index in [0.29, 0.717) is 12.5 Å². The van der Waals surface area contributed by atoms with E-state index in [1.54, 1.807) is 0 Å². The van der Waals surface area contributed by atoms with Gasteiger partial charge in [-0.25, -0.2) is 4.39 Å². The zero-order valence-electron chi connectivity index (χ0n) is 12.6. The molecule has 0 bridgehead atoms. The highest BCUT2D eigenvalue weighted by Gasteiger charge is 2.29. The maximum atomic E-state index is 13.3.